The molecule has 0 saturated carbocycles. The Kier molecular flexibility index (Phi) is 10.7. The zero-order valence-corrected chi connectivity index (χ0v) is 22.0. The Balaban J connectivity index is 1.23. The molecule has 2 aromatic rings. The summed E-state index contributed by atoms with van der Waals surface area (Å²) in [4.78, 5) is 0. The maximum absolute atomic E-state index is 5.99. The topological polar surface area (TPSA) is 42.9 Å². The van der Waals surface area contributed by atoms with Crippen molar-refractivity contribution in [3.63, 3.8) is 0 Å². The van der Waals surface area contributed by atoms with Crippen LogP contribution in [0.25, 0.3) is 0 Å². The Morgan fingerprint density at radius 2 is 1.03 bits per heavy atom. The van der Waals surface area contributed by atoms with Gasteiger partial charge in [-0.25, -0.2) is 9.15 Å². The van der Waals surface area contributed by atoms with Gasteiger partial charge in [-0.2, -0.15) is 0 Å². The largest absolute Gasteiger partial charge is 0.378 e. The van der Waals surface area contributed by atoms with E-state index in [2.05, 4.69) is 57.7 Å². The molecule has 0 aromatic heterocycles. The number of hydrogen-bond acceptors (Lipinski definition) is 4. The van der Waals surface area contributed by atoms with Crippen molar-refractivity contribution in [1.29, 1.82) is 0 Å². The molecular weight excluding hydrogens is 452 g/mol. The molecule has 0 aliphatic carbocycles. The van der Waals surface area contributed by atoms with Gasteiger partial charge in [-0.1, -0.05) is 36.4 Å². The van der Waals surface area contributed by atoms with Crippen LogP contribution in [0.4, 0.5) is 0 Å². The number of ether oxygens (including phenoxy) is 4. The van der Waals surface area contributed by atoms with Crippen molar-refractivity contribution in [3.8, 4) is 0 Å². The Morgan fingerprint density at radius 1 is 0.583 bits per heavy atom. The van der Waals surface area contributed by atoms with Gasteiger partial charge in [0.15, 0.2) is 24.5 Å². The molecule has 194 valence electrons. The van der Waals surface area contributed by atoms with Crippen LogP contribution >= 0.6 is 0 Å². The Bertz CT molecular complexity index is 963. The Labute approximate surface area is 216 Å². The third-order valence-corrected chi connectivity index (χ3v) is 7.19. The first-order chi connectivity index (χ1) is 17.8. The van der Waals surface area contributed by atoms with E-state index in [4.69, 9.17) is 18.9 Å². The smallest absolute Gasteiger partial charge is 0.185 e. The molecular formula is C30H42N2O4+2. The van der Waals surface area contributed by atoms with E-state index in [1.807, 2.05) is 0 Å². The van der Waals surface area contributed by atoms with Crippen molar-refractivity contribution in [2.24, 2.45) is 0 Å². The van der Waals surface area contributed by atoms with Crippen LogP contribution in [0.2, 0.25) is 0 Å². The molecule has 36 heavy (non-hydrogen) atoms. The normalized spacial score (nSPS) is 15.3. The minimum absolute atomic E-state index is 0.617. The first-order valence-electron chi connectivity index (χ1n) is 13.3. The van der Waals surface area contributed by atoms with Crippen LogP contribution in [0.5, 0.6) is 0 Å². The van der Waals surface area contributed by atoms with E-state index in [1.54, 1.807) is 14.2 Å². The monoisotopic (exact) mass is 494 g/mol. The highest BCUT2D eigenvalue weighted by Crippen LogP contribution is 2.19. The number of nitrogens with zero attached hydrogens (tertiary/aromatic N) is 2. The first kappa shape index (κ1) is 26.7. The lowest BCUT2D eigenvalue weighted by Crippen LogP contribution is -2.33. The SMILES string of the molecule is COCC[N+]1=C(CCOCCOCCC2=[N+](CCOC)CCc3ccccc32)c2ccccc2CC1. The van der Waals surface area contributed by atoms with Gasteiger partial charge >= 0.3 is 0 Å². The molecule has 0 fully saturated rings. The fraction of sp³-hybridized carbons (Fsp3) is 0.533. The second-order valence-corrected chi connectivity index (χ2v) is 9.39. The van der Waals surface area contributed by atoms with Crippen LogP contribution in [-0.4, -0.2) is 101 Å². The average Bonchev–Trinajstić information content (AvgIpc) is 2.92. The summed E-state index contributed by atoms with van der Waals surface area (Å²) in [5.74, 6) is 0. The van der Waals surface area contributed by atoms with Crippen LogP contribution in [-0.2, 0) is 31.8 Å². The number of methoxy groups -OCH3 is 2. The molecule has 0 amide bonds. The summed E-state index contributed by atoms with van der Waals surface area (Å²) in [6, 6.07) is 17.5. The summed E-state index contributed by atoms with van der Waals surface area (Å²) in [6.07, 6.45) is 3.99. The zero-order valence-electron chi connectivity index (χ0n) is 22.0. The molecule has 0 saturated heterocycles. The van der Waals surface area contributed by atoms with E-state index in [1.165, 1.54) is 33.7 Å². The van der Waals surface area contributed by atoms with E-state index in [9.17, 15) is 0 Å². The van der Waals surface area contributed by atoms with E-state index in [0.717, 1.165) is 65.1 Å². The van der Waals surface area contributed by atoms with Gasteiger partial charge in [0.2, 0.25) is 0 Å². The molecule has 4 rings (SSSR count). The third-order valence-electron chi connectivity index (χ3n) is 7.19. The predicted octanol–water partition coefficient (Wildman–Crippen LogP) is 3.21. The minimum Gasteiger partial charge on any atom is -0.378 e. The van der Waals surface area contributed by atoms with Gasteiger partial charge in [0, 0.05) is 38.2 Å². The Hall–Kier alpha value is -2.38. The Morgan fingerprint density at radius 3 is 1.47 bits per heavy atom. The van der Waals surface area contributed by atoms with Gasteiger partial charge in [0.05, 0.1) is 39.3 Å². The lowest BCUT2D eigenvalue weighted by atomic mass is 9.95. The van der Waals surface area contributed by atoms with Gasteiger partial charge in [0.25, 0.3) is 0 Å². The van der Waals surface area contributed by atoms with Crippen molar-refractivity contribution < 1.29 is 28.1 Å². The van der Waals surface area contributed by atoms with Crippen LogP contribution in [0.3, 0.4) is 0 Å². The lowest BCUT2D eigenvalue weighted by molar-refractivity contribution is -0.532. The average molecular weight is 495 g/mol. The first-order valence-corrected chi connectivity index (χ1v) is 13.3. The van der Waals surface area contributed by atoms with Gasteiger partial charge in [-0.3, -0.25) is 0 Å². The van der Waals surface area contributed by atoms with Crippen molar-refractivity contribution in [2.75, 3.05) is 80.0 Å². The zero-order chi connectivity index (χ0) is 25.0. The van der Waals surface area contributed by atoms with E-state index >= 15 is 0 Å². The number of rotatable bonds is 15. The maximum atomic E-state index is 5.99. The molecule has 2 aromatic carbocycles. The molecule has 0 N–H and O–H groups in total. The van der Waals surface area contributed by atoms with Gasteiger partial charge < -0.3 is 18.9 Å². The molecule has 0 atom stereocenters. The highest BCUT2D eigenvalue weighted by Gasteiger charge is 2.26. The molecule has 6 heteroatoms. The summed E-state index contributed by atoms with van der Waals surface area (Å²) < 4.78 is 27.6. The molecule has 0 bridgehead atoms. The van der Waals surface area contributed by atoms with Crippen molar-refractivity contribution in [3.05, 3.63) is 70.8 Å². The van der Waals surface area contributed by atoms with Crippen molar-refractivity contribution in [1.82, 2.24) is 0 Å². The minimum atomic E-state index is 0.617. The fourth-order valence-corrected chi connectivity index (χ4v) is 5.30. The van der Waals surface area contributed by atoms with E-state index in [-0.39, 0.29) is 0 Å². The molecule has 2 aliphatic rings. The van der Waals surface area contributed by atoms with Crippen molar-refractivity contribution >= 4 is 11.4 Å². The van der Waals surface area contributed by atoms with Gasteiger partial charge in [-0.15, -0.1) is 0 Å². The lowest BCUT2D eigenvalue weighted by Gasteiger charge is -2.19. The molecule has 0 radical (unpaired) electrons. The fourth-order valence-electron chi connectivity index (χ4n) is 5.30. The maximum Gasteiger partial charge on any atom is 0.185 e. The van der Waals surface area contributed by atoms with Gasteiger partial charge in [0.1, 0.15) is 26.3 Å². The van der Waals surface area contributed by atoms with Crippen molar-refractivity contribution in [2.45, 2.75) is 25.7 Å². The molecule has 0 spiro atoms. The van der Waals surface area contributed by atoms with Crippen LogP contribution < -0.4 is 0 Å². The highest BCUT2D eigenvalue weighted by molar-refractivity contribution is 5.99. The predicted molar refractivity (Wildman–Crippen MR) is 143 cm³/mol. The van der Waals surface area contributed by atoms with Crippen LogP contribution in [0.1, 0.15) is 35.1 Å². The molecule has 6 nitrogen and oxygen atoms in total. The summed E-state index contributed by atoms with van der Waals surface area (Å²) in [7, 11) is 3.53. The third kappa shape index (κ3) is 7.10. The summed E-state index contributed by atoms with van der Waals surface area (Å²) in [5.41, 5.74) is 8.35. The highest BCUT2D eigenvalue weighted by atomic mass is 16.5. The second kappa shape index (κ2) is 14.4. The number of hydrogen-bond donors (Lipinski definition) is 0. The standard InChI is InChI=1S/C30H42N2O4/c1-33-21-17-31-15-11-25-7-3-5-9-27(25)29(31)13-19-35-23-24-36-20-14-30-28-10-6-4-8-26(28)12-16-32(30)18-22-34-2/h3-10H,11-24H2,1-2H3/q+2. The van der Waals surface area contributed by atoms with Crippen LogP contribution in [0, 0.1) is 0 Å². The number of benzene rings is 2. The summed E-state index contributed by atoms with van der Waals surface area (Å²) >= 11 is 0. The van der Waals surface area contributed by atoms with Gasteiger partial charge in [-0.05, 0) is 23.3 Å². The second-order valence-electron chi connectivity index (χ2n) is 9.39. The molecule has 2 heterocycles. The summed E-state index contributed by atoms with van der Waals surface area (Å²) in [6.45, 7) is 8.06. The summed E-state index contributed by atoms with van der Waals surface area (Å²) in [5, 5.41) is 0. The number of fused-ring (bicyclic) bond motifs is 2. The van der Waals surface area contributed by atoms with Crippen LogP contribution in [0.15, 0.2) is 48.5 Å². The quantitative estimate of drug-likeness (QED) is 0.282. The van der Waals surface area contributed by atoms with E-state index < -0.39 is 0 Å². The van der Waals surface area contributed by atoms with E-state index in [0.29, 0.717) is 26.4 Å². The molecule has 0 unspecified atom stereocenters. The molecule has 2 aliphatic heterocycles.